The fourth-order valence-corrected chi connectivity index (χ4v) is 11.9. The molecule has 0 N–H and O–H groups in total. The van der Waals surface area contributed by atoms with Gasteiger partial charge in [0.2, 0.25) is 0 Å². The zero-order valence-electron chi connectivity index (χ0n) is 18.6. The molecule has 1 aromatic rings. The Balaban J connectivity index is 1.26. The highest BCUT2D eigenvalue weighted by Gasteiger charge is 2.68. The number of benzene rings is 1. The average molecular weight is 403 g/mol. The van der Waals surface area contributed by atoms with Gasteiger partial charge in [-0.3, -0.25) is 0 Å². The highest BCUT2D eigenvalue weighted by atomic mass is 16.5. The molecule has 8 fully saturated rings. The quantitative estimate of drug-likeness (QED) is 0.528. The molecule has 8 saturated carbocycles. The normalized spacial score (nSPS) is 52.6. The van der Waals surface area contributed by atoms with Crippen molar-refractivity contribution in [1.29, 1.82) is 0 Å². The maximum Gasteiger partial charge on any atom is 0.0719 e. The Bertz CT molecular complexity index is 846. The second kappa shape index (κ2) is 5.75. The van der Waals surface area contributed by atoms with Gasteiger partial charge in [-0.25, -0.2) is 0 Å². The summed E-state index contributed by atoms with van der Waals surface area (Å²) in [6.45, 7) is 1.79. The van der Waals surface area contributed by atoms with E-state index >= 15 is 0 Å². The molecular weight excluding hydrogens is 364 g/mol. The van der Waals surface area contributed by atoms with Crippen LogP contribution in [0, 0.1) is 40.4 Å². The van der Waals surface area contributed by atoms with Crippen molar-refractivity contribution in [3.8, 4) is 0 Å². The number of hydrogen-bond donors (Lipinski definition) is 0. The van der Waals surface area contributed by atoms with Gasteiger partial charge < -0.3 is 4.74 Å². The second-order valence-corrected chi connectivity index (χ2v) is 13.5. The maximum absolute atomic E-state index is 5.85. The molecule has 0 radical (unpaired) electrons. The third-order valence-electron chi connectivity index (χ3n) is 11.8. The Morgan fingerprint density at radius 2 is 1.33 bits per heavy atom. The zero-order chi connectivity index (χ0) is 19.6. The summed E-state index contributed by atoms with van der Waals surface area (Å²) in [5.41, 5.74) is 6.97. The van der Waals surface area contributed by atoms with Crippen molar-refractivity contribution in [1.82, 2.24) is 0 Å². The molecule has 1 nitrogen and oxygen atoms in total. The summed E-state index contributed by atoms with van der Waals surface area (Å²) in [5.74, 6) is 5.34. The van der Waals surface area contributed by atoms with E-state index in [4.69, 9.17) is 4.74 Å². The highest BCUT2D eigenvalue weighted by Crippen LogP contribution is 2.77. The lowest BCUT2D eigenvalue weighted by molar-refractivity contribution is -0.206. The molecule has 0 amide bonds. The van der Waals surface area contributed by atoms with Gasteiger partial charge in [0.25, 0.3) is 0 Å². The molecule has 0 saturated heterocycles. The molecular formula is C29H38O. The molecule has 0 spiro atoms. The summed E-state index contributed by atoms with van der Waals surface area (Å²) >= 11 is 0. The first-order valence-corrected chi connectivity index (χ1v) is 13.3. The first kappa shape index (κ1) is 17.7. The van der Waals surface area contributed by atoms with Crippen LogP contribution in [0.4, 0.5) is 0 Å². The van der Waals surface area contributed by atoms with Gasteiger partial charge in [0.15, 0.2) is 0 Å². The zero-order valence-corrected chi connectivity index (χ0v) is 18.6. The third-order valence-corrected chi connectivity index (χ3v) is 11.8. The molecule has 1 aliphatic heterocycles. The molecule has 2 unspecified atom stereocenters. The van der Waals surface area contributed by atoms with Crippen molar-refractivity contribution in [2.24, 2.45) is 40.4 Å². The minimum Gasteiger partial charge on any atom is -0.376 e. The molecule has 9 aliphatic rings. The Kier molecular flexibility index (Phi) is 3.39. The first-order valence-electron chi connectivity index (χ1n) is 13.3. The van der Waals surface area contributed by atoms with Crippen LogP contribution in [0.2, 0.25) is 0 Å². The predicted octanol–water partition coefficient (Wildman–Crippen LogP) is 6.81. The van der Waals surface area contributed by atoms with Crippen molar-refractivity contribution in [2.45, 2.75) is 95.5 Å². The van der Waals surface area contributed by atoms with E-state index in [2.05, 4.69) is 18.2 Å². The summed E-state index contributed by atoms with van der Waals surface area (Å²) in [5, 5.41) is 0. The third kappa shape index (κ3) is 2.19. The number of fused-ring (bicyclic) bond motifs is 1. The molecule has 30 heavy (non-hydrogen) atoms. The molecule has 1 heteroatoms. The van der Waals surface area contributed by atoms with Crippen molar-refractivity contribution in [2.75, 3.05) is 6.61 Å². The van der Waals surface area contributed by atoms with Gasteiger partial charge >= 0.3 is 0 Å². The van der Waals surface area contributed by atoms with Crippen LogP contribution in [0.3, 0.4) is 0 Å². The Labute approximate surface area is 182 Å². The number of rotatable bonds is 2. The minimum absolute atomic E-state index is 0.510. The van der Waals surface area contributed by atoms with E-state index in [1.165, 1.54) is 18.4 Å². The first-order chi connectivity index (χ1) is 14.6. The molecule has 10 rings (SSSR count). The Morgan fingerprint density at radius 3 is 2.03 bits per heavy atom. The van der Waals surface area contributed by atoms with Crippen LogP contribution in [-0.4, -0.2) is 6.61 Å². The second-order valence-electron chi connectivity index (χ2n) is 13.5. The van der Waals surface area contributed by atoms with Crippen LogP contribution in [0.15, 0.2) is 18.2 Å². The van der Waals surface area contributed by atoms with Crippen LogP contribution in [0.25, 0.3) is 0 Å². The van der Waals surface area contributed by atoms with Crippen molar-refractivity contribution >= 4 is 0 Å². The van der Waals surface area contributed by atoms with Gasteiger partial charge in [-0.05, 0) is 146 Å². The minimum atomic E-state index is 0.510. The van der Waals surface area contributed by atoms with Crippen LogP contribution in [-0.2, 0) is 23.2 Å². The van der Waals surface area contributed by atoms with Crippen molar-refractivity contribution in [3.05, 3.63) is 34.9 Å². The summed E-state index contributed by atoms with van der Waals surface area (Å²) in [6.07, 6.45) is 20.2. The molecule has 2 atom stereocenters. The van der Waals surface area contributed by atoms with E-state index in [0.717, 1.165) is 54.6 Å². The Morgan fingerprint density at radius 1 is 0.700 bits per heavy atom. The lowest BCUT2D eigenvalue weighted by atomic mass is 9.32. The topological polar surface area (TPSA) is 9.23 Å². The SMILES string of the molecule is c1cc2c(c(C34CC5CC(C3)CC(C36CC7CC(CC(C7)C3)C6)(C5)C4)c1)CCOC2. The van der Waals surface area contributed by atoms with Crippen LogP contribution >= 0.6 is 0 Å². The van der Waals surface area contributed by atoms with Crippen molar-refractivity contribution in [3.63, 3.8) is 0 Å². The lowest BCUT2D eigenvalue weighted by Crippen LogP contribution is -2.63. The summed E-state index contributed by atoms with van der Waals surface area (Å²) in [6, 6.07) is 7.30. The number of ether oxygens (including phenoxy) is 1. The molecule has 0 aromatic heterocycles. The van der Waals surface area contributed by atoms with Crippen LogP contribution < -0.4 is 0 Å². The highest BCUT2D eigenvalue weighted by molar-refractivity contribution is 5.43. The summed E-state index contributed by atoms with van der Waals surface area (Å²) in [4.78, 5) is 0. The fourth-order valence-electron chi connectivity index (χ4n) is 11.9. The van der Waals surface area contributed by atoms with E-state index in [1.807, 2.05) is 0 Å². The lowest BCUT2D eigenvalue weighted by Gasteiger charge is -2.72. The van der Waals surface area contributed by atoms with Gasteiger partial charge in [0.05, 0.1) is 13.2 Å². The molecule has 1 heterocycles. The van der Waals surface area contributed by atoms with Gasteiger partial charge in [0.1, 0.15) is 0 Å². The Hall–Kier alpha value is -0.820. The number of hydrogen-bond acceptors (Lipinski definition) is 1. The maximum atomic E-state index is 5.85. The van der Waals surface area contributed by atoms with Gasteiger partial charge in [-0.2, -0.15) is 0 Å². The van der Waals surface area contributed by atoms with E-state index in [1.54, 1.807) is 75.3 Å². The monoisotopic (exact) mass is 402 g/mol. The average Bonchev–Trinajstić information content (AvgIpc) is 2.71. The van der Waals surface area contributed by atoms with E-state index in [9.17, 15) is 0 Å². The van der Waals surface area contributed by atoms with E-state index in [-0.39, 0.29) is 0 Å². The van der Waals surface area contributed by atoms with Crippen LogP contribution in [0.1, 0.15) is 93.7 Å². The van der Waals surface area contributed by atoms with Gasteiger partial charge in [-0.15, -0.1) is 0 Å². The van der Waals surface area contributed by atoms with Gasteiger partial charge in [0, 0.05) is 0 Å². The molecule has 160 valence electrons. The molecule has 8 aliphatic carbocycles. The van der Waals surface area contributed by atoms with E-state index < -0.39 is 0 Å². The van der Waals surface area contributed by atoms with Crippen molar-refractivity contribution < 1.29 is 4.74 Å². The van der Waals surface area contributed by atoms with E-state index in [0.29, 0.717) is 10.8 Å². The van der Waals surface area contributed by atoms with Crippen LogP contribution in [0.5, 0.6) is 0 Å². The largest absolute Gasteiger partial charge is 0.376 e. The molecule has 8 bridgehead atoms. The molecule has 1 aromatic carbocycles. The summed E-state index contributed by atoms with van der Waals surface area (Å²) < 4.78 is 5.85. The smallest absolute Gasteiger partial charge is 0.0719 e. The fraction of sp³-hybridized carbons (Fsp3) is 0.793. The predicted molar refractivity (Wildman–Crippen MR) is 119 cm³/mol. The van der Waals surface area contributed by atoms with Gasteiger partial charge in [-0.1, -0.05) is 18.2 Å². The summed E-state index contributed by atoms with van der Waals surface area (Å²) in [7, 11) is 0. The standard InChI is InChI=1S/C29H38O/c1-2-24-17-30-5-4-25(24)26(3-1)27-10-22-9-23(11-27)16-29(15-22,18-27)28-12-19-6-20(13-28)8-21(7-19)14-28/h1-3,19-23H,4-18H2.